The number of aromatic nitrogens is 4. The van der Waals surface area contributed by atoms with Gasteiger partial charge in [0.05, 0.1) is 52.3 Å². The molecule has 1 aromatic carbocycles. The van der Waals surface area contributed by atoms with Crippen molar-refractivity contribution in [3.8, 4) is 17.1 Å². The molecule has 3 aromatic heterocycles. The summed E-state index contributed by atoms with van der Waals surface area (Å²) in [6.45, 7) is -0.156. The molecule has 0 unspecified atom stereocenters. The zero-order valence-electron chi connectivity index (χ0n) is 17.6. The molecule has 0 saturated carbocycles. The molecule has 0 atom stereocenters. The molecule has 3 heterocycles. The standard InChI is InChI=1S/C21H17ClF2N6O3S/c1-33-21-16(6-11(22)7-27-21)34-29-13-3-2-12(23)17(18(13)24)14-9-30-10-28-19(15(30)8-26-14)20(32)25-4-5-31/h2-3,6-10,29,31H,4-5H2,1H3,(H,25,32). The number of nitrogens with zero attached hydrogens (tertiary/aromatic N) is 4. The van der Waals surface area contributed by atoms with Crippen LogP contribution in [0, 0.1) is 11.6 Å². The van der Waals surface area contributed by atoms with Crippen LogP contribution in [-0.4, -0.2) is 50.6 Å². The fourth-order valence-electron chi connectivity index (χ4n) is 3.06. The second-order valence-corrected chi connectivity index (χ2v) is 8.07. The summed E-state index contributed by atoms with van der Waals surface area (Å²) in [7, 11) is 1.44. The lowest BCUT2D eigenvalue weighted by Gasteiger charge is -2.12. The number of nitrogens with one attached hydrogen (secondary N) is 2. The summed E-state index contributed by atoms with van der Waals surface area (Å²) in [5.41, 5.74) is 0.0521. The number of carbonyl (C=O) groups is 1. The maximum absolute atomic E-state index is 15.3. The van der Waals surface area contributed by atoms with Gasteiger partial charge >= 0.3 is 0 Å². The highest BCUT2D eigenvalue weighted by atomic mass is 35.5. The fraction of sp³-hybridized carbons (Fsp3) is 0.143. The van der Waals surface area contributed by atoms with Crippen LogP contribution < -0.4 is 14.8 Å². The summed E-state index contributed by atoms with van der Waals surface area (Å²) in [5, 5.41) is 11.7. The number of pyridine rings is 1. The van der Waals surface area contributed by atoms with Gasteiger partial charge in [0.2, 0.25) is 5.88 Å². The van der Waals surface area contributed by atoms with Crippen molar-refractivity contribution in [2.24, 2.45) is 0 Å². The smallest absolute Gasteiger partial charge is 0.272 e. The Morgan fingerprint density at radius 3 is 2.85 bits per heavy atom. The first-order chi connectivity index (χ1) is 16.4. The van der Waals surface area contributed by atoms with Gasteiger partial charge in [0.1, 0.15) is 12.1 Å². The van der Waals surface area contributed by atoms with Gasteiger partial charge in [-0.3, -0.25) is 9.78 Å². The second-order valence-electron chi connectivity index (χ2n) is 6.79. The van der Waals surface area contributed by atoms with Crippen molar-refractivity contribution in [2.45, 2.75) is 4.90 Å². The summed E-state index contributed by atoms with van der Waals surface area (Å²) in [6.07, 6.45) is 5.42. The number of fused-ring (bicyclic) bond motifs is 1. The Morgan fingerprint density at radius 1 is 1.26 bits per heavy atom. The fourth-order valence-corrected chi connectivity index (χ4v) is 4.07. The number of halogens is 3. The van der Waals surface area contributed by atoms with Crippen molar-refractivity contribution in [1.82, 2.24) is 24.7 Å². The minimum absolute atomic E-state index is 0.0000249. The van der Waals surface area contributed by atoms with E-state index in [1.54, 1.807) is 6.07 Å². The summed E-state index contributed by atoms with van der Waals surface area (Å²) in [4.78, 5) is 24.9. The number of amides is 1. The van der Waals surface area contributed by atoms with E-state index in [0.717, 1.165) is 18.0 Å². The first-order valence-electron chi connectivity index (χ1n) is 9.75. The number of imidazole rings is 1. The number of rotatable bonds is 8. The predicted octanol–water partition coefficient (Wildman–Crippen LogP) is 3.57. The molecular weight excluding hydrogens is 490 g/mol. The Bertz CT molecular complexity index is 1370. The highest BCUT2D eigenvalue weighted by Gasteiger charge is 2.20. The molecule has 3 N–H and O–H groups in total. The number of methoxy groups -OCH3 is 1. The molecule has 1 amide bonds. The van der Waals surface area contributed by atoms with Gasteiger partial charge in [0, 0.05) is 18.9 Å². The average Bonchev–Trinajstić information content (AvgIpc) is 3.26. The number of carbonyl (C=O) groups excluding carboxylic acids is 1. The molecular formula is C21H17ClF2N6O3S. The quantitative estimate of drug-likeness (QED) is 0.311. The van der Waals surface area contributed by atoms with E-state index in [2.05, 4.69) is 25.0 Å². The van der Waals surface area contributed by atoms with Crippen LogP contribution in [0.4, 0.5) is 14.5 Å². The molecule has 4 aromatic rings. The van der Waals surface area contributed by atoms with E-state index in [1.807, 2.05) is 0 Å². The van der Waals surface area contributed by atoms with E-state index in [1.165, 1.54) is 42.5 Å². The first kappa shape index (κ1) is 23.7. The van der Waals surface area contributed by atoms with Crippen molar-refractivity contribution in [1.29, 1.82) is 0 Å². The lowest BCUT2D eigenvalue weighted by Crippen LogP contribution is -2.26. The third-order valence-electron chi connectivity index (χ3n) is 4.63. The Balaban J connectivity index is 1.64. The molecule has 0 bridgehead atoms. The van der Waals surface area contributed by atoms with Crippen molar-refractivity contribution in [3.63, 3.8) is 0 Å². The van der Waals surface area contributed by atoms with E-state index in [9.17, 15) is 9.18 Å². The molecule has 34 heavy (non-hydrogen) atoms. The maximum atomic E-state index is 15.3. The van der Waals surface area contributed by atoms with Crippen molar-refractivity contribution < 1.29 is 23.4 Å². The summed E-state index contributed by atoms with van der Waals surface area (Å²) in [5.74, 6) is -1.90. The van der Waals surface area contributed by atoms with Crippen LogP contribution >= 0.6 is 23.5 Å². The molecule has 13 heteroatoms. The summed E-state index contributed by atoms with van der Waals surface area (Å²) < 4.78 is 39.4. The van der Waals surface area contributed by atoms with Gasteiger partial charge < -0.3 is 24.3 Å². The first-order valence-corrected chi connectivity index (χ1v) is 10.9. The lowest BCUT2D eigenvalue weighted by atomic mass is 10.1. The van der Waals surface area contributed by atoms with Crippen LogP contribution in [-0.2, 0) is 0 Å². The molecule has 176 valence electrons. The zero-order valence-corrected chi connectivity index (χ0v) is 19.1. The average molecular weight is 507 g/mol. The third-order valence-corrected chi connectivity index (χ3v) is 5.67. The number of hydrogen-bond donors (Lipinski definition) is 3. The van der Waals surface area contributed by atoms with E-state index >= 15 is 4.39 Å². The molecule has 0 aliphatic carbocycles. The largest absolute Gasteiger partial charge is 0.480 e. The number of ether oxygens (including phenoxy) is 1. The summed E-state index contributed by atoms with van der Waals surface area (Å²) in [6, 6.07) is 3.96. The topological polar surface area (TPSA) is 114 Å². The Kier molecular flexibility index (Phi) is 7.10. The van der Waals surface area contributed by atoms with Crippen molar-refractivity contribution >= 4 is 40.7 Å². The predicted molar refractivity (Wildman–Crippen MR) is 123 cm³/mol. The SMILES string of the molecule is COc1ncc(Cl)cc1SNc1ccc(F)c(-c2cn3cnc(C(=O)NCCO)c3cn2)c1F. The highest BCUT2D eigenvalue weighted by molar-refractivity contribution is 8.00. The number of aliphatic hydroxyl groups excluding tert-OH is 1. The van der Waals surface area contributed by atoms with Gasteiger partial charge in [0.15, 0.2) is 11.5 Å². The molecule has 4 rings (SSSR count). The van der Waals surface area contributed by atoms with Crippen molar-refractivity contribution in [3.05, 3.63) is 65.5 Å². The lowest BCUT2D eigenvalue weighted by molar-refractivity contribution is 0.0942. The Hall–Kier alpha value is -3.48. The van der Waals surface area contributed by atoms with Gasteiger partial charge in [-0.05, 0) is 30.1 Å². The van der Waals surface area contributed by atoms with Gasteiger partial charge in [-0.25, -0.2) is 18.7 Å². The third kappa shape index (κ3) is 4.74. The second kappa shape index (κ2) is 10.2. The normalized spacial score (nSPS) is 11.0. The molecule has 0 spiro atoms. The minimum atomic E-state index is -0.866. The van der Waals surface area contributed by atoms with Gasteiger partial charge in [-0.15, -0.1) is 0 Å². The maximum Gasteiger partial charge on any atom is 0.272 e. The molecule has 0 aliphatic rings. The van der Waals surface area contributed by atoms with E-state index in [-0.39, 0.29) is 41.7 Å². The number of anilines is 1. The molecule has 0 radical (unpaired) electrons. The monoisotopic (exact) mass is 506 g/mol. The number of hydrogen-bond acceptors (Lipinski definition) is 8. The molecule has 9 nitrogen and oxygen atoms in total. The van der Waals surface area contributed by atoms with Crippen LogP contribution in [0.25, 0.3) is 16.8 Å². The van der Waals surface area contributed by atoms with Crippen LogP contribution in [0.1, 0.15) is 10.5 Å². The Morgan fingerprint density at radius 2 is 2.09 bits per heavy atom. The zero-order chi connectivity index (χ0) is 24.2. The van der Waals surface area contributed by atoms with Crippen LogP contribution in [0.15, 0.2) is 48.0 Å². The van der Waals surface area contributed by atoms with Gasteiger partial charge in [-0.2, -0.15) is 0 Å². The molecule has 0 fully saturated rings. The van der Waals surface area contributed by atoms with Crippen LogP contribution in [0.3, 0.4) is 0 Å². The van der Waals surface area contributed by atoms with E-state index < -0.39 is 17.5 Å². The Labute approximate surface area is 201 Å². The van der Waals surface area contributed by atoms with Crippen molar-refractivity contribution in [2.75, 3.05) is 25.0 Å². The number of benzene rings is 1. The van der Waals surface area contributed by atoms with Gasteiger partial charge in [0.25, 0.3) is 5.91 Å². The molecule has 0 aliphatic heterocycles. The highest BCUT2D eigenvalue weighted by Crippen LogP contribution is 2.34. The summed E-state index contributed by atoms with van der Waals surface area (Å²) >= 11 is 6.97. The van der Waals surface area contributed by atoms with Gasteiger partial charge in [-0.1, -0.05) is 11.6 Å². The molecule has 0 saturated heterocycles. The van der Waals surface area contributed by atoms with Crippen LogP contribution in [0.2, 0.25) is 5.02 Å². The number of aliphatic hydroxyl groups is 1. The van der Waals surface area contributed by atoms with E-state index in [0.29, 0.717) is 15.4 Å². The van der Waals surface area contributed by atoms with Crippen LogP contribution in [0.5, 0.6) is 5.88 Å². The minimum Gasteiger partial charge on any atom is -0.480 e. The van der Waals surface area contributed by atoms with E-state index in [4.69, 9.17) is 21.4 Å².